The average molecular weight is 464 g/mol. The van der Waals surface area contributed by atoms with Gasteiger partial charge < -0.3 is 14.8 Å². The van der Waals surface area contributed by atoms with Crippen LogP contribution in [0.15, 0.2) is 0 Å². The molecular formula is C27H54KNO2. The second-order valence-corrected chi connectivity index (χ2v) is 9.33. The number of unbranched alkanes of at least 4 members (excludes halogenated alkanes) is 17. The fraction of sp³-hybridized carbons (Fsp3) is 0.963. The fourth-order valence-corrected chi connectivity index (χ4v) is 4.23. The third kappa shape index (κ3) is 29.0. The molecule has 0 aliphatic heterocycles. The molecule has 0 aromatic heterocycles. The van der Waals surface area contributed by atoms with Crippen LogP contribution in [0.2, 0.25) is 0 Å². The Bertz CT molecular complexity index is 330. The van der Waals surface area contributed by atoms with E-state index in [0.717, 1.165) is 19.4 Å². The van der Waals surface area contributed by atoms with E-state index in [4.69, 9.17) is 0 Å². The molecule has 0 aromatic rings. The second kappa shape index (κ2) is 29.1. The number of carbonyl (C=O) groups is 1. The molecule has 0 aromatic carbocycles. The molecule has 0 aliphatic rings. The van der Waals surface area contributed by atoms with E-state index in [0.29, 0.717) is 0 Å². The molecule has 180 valence electrons. The topological polar surface area (TPSA) is 43.4 Å². The van der Waals surface area contributed by atoms with Gasteiger partial charge in [-0.05, 0) is 51.7 Å². The minimum Gasteiger partial charge on any atom is -0.550 e. The smallest absolute Gasteiger partial charge is 0.550 e. The zero-order chi connectivity index (χ0) is 22.1. The van der Waals surface area contributed by atoms with Gasteiger partial charge in [0.05, 0.1) is 0 Å². The third-order valence-electron chi connectivity index (χ3n) is 6.26. The Morgan fingerprint density at radius 2 is 0.806 bits per heavy atom. The fourth-order valence-electron chi connectivity index (χ4n) is 4.23. The van der Waals surface area contributed by atoms with E-state index in [1.165, 1.54) is 129 Å². The first kappa shape index (κ1) is 34.2. The zero-order valence-corrected chi connectivity index (χ0v) is 24.9. The van der Waals surface area contributed by atoms with Crippen molar-refractivity contribution < 1.29 is 61.3 Å². The number of aliphatic carboxylic acids is 1. The van der Waals surface area contributed by atoms with Crippen molar-refractivity contribution in [2.75, 3.05) is 19.6 Å². The van der Waals surface area contributed by atoms with Gasteiger partial charge in [0.25, 0.3) is 0 Å². The Hall–Kier alpha value is 1.07. The van der Waals surface area contributed by atoms with Crippen molar-refractivity contribution in [2.24, 2.45) is 0 Å². The molecule has 31 heavy (non-hydrogen) atoms. The van der Waals surface area contributed by atoms with Crippen LogP contribution in [0.1, 0.15) is 149 Å². The third-order valence-corrected chi connectivity index (χ3v) is 6.26. The van der Waals surface area contributed by atoms with Crippen LogP contribution >= 0.6 is 0 Å². The van der Waals surface area contributed by atoms with Crippen molar-refractivity contribution in [3.8, 4) is 0 Å². The molecule has 0 N–H and O–H groups in total. The van der Waals surface area contributed by atoms with Crippen LogP contribution in [0.25, 0.3) is 0 Å². The SMILES string of the molecule is CCCCCCCCCCCN(CCCCCCCCCCC)CCCCC(=O)[O-].[K+]. The minimum absolute atomic E-state index is 0. The van der Waals surface area contributed by atoms with Crippen LogP contribution in [0.4, 0.5) is 0 Å². The first-order valence-electron chi connectivity index (χ1n) is 13.6. The van der Waals surface area contributed by atoms with Gasteiger partial charge in [0, 0.05) is 5.97 Å². The van der Waals surface area contributed by atoms with E-state index in [2.05, 4.69) is 18.7 Å². The Morgan fingerprint density at radius 1 is 0.516 bits per heavy atom. The number of hydrogen-bond donors (Lipinski definition) is 0. The minimum atomic E-state index is -0.903. The van der Waals surface area contributed by atoms with Gasteiger partial charge in [0.2, 0.25) is 0 Å². The van der Waals surface area contributed by atoms with E-state index in [9.17, 15) is 9.90 Å². The van der Waals surface area contributed by atoms with Gasteiger partial charge >= 0.3 is 51.4 Å². The first-order valence-corrected chi connectivity index (χ1v) is 13.6. The molecule has 0 spiro atoms. The number of carbonyl (C=O) groups excluding carboxylic acids is 1. The van der Waals surface area contributed by atoms with Crippen molar-refractivity contribution in [3.05, 3.63) is 0 Å². The van der Waals surface area contributed by atoms with Gasteiger partial charge in [-0.3, -0.25) is 0 Å². The molecule has 0 atom stereocenters. The van der Waals surface area contributed by atoms with Crippen LogP contribution in [-0.4, -0.2) is 30.5 Å². The van der Waals surface area contributed by atoms with Gasteiger partial charge in [0.15, 0.2) is 0 Å². The van der Waals surface area contributed by atoms with Gasteiger partial charge in [0.1, 0.15) is 0 Å². The predicted octanol–water partition coefficient (Wildman–Crippen LogP) is 4.27. The van der Waals surface area contributed by atoms with Gasteiger partial charge in [-0.2, -0.15) is 0 Å². The van der Waals surface area contributed by atoms with E-state index in [1.54, 1.807) is 0 Å². The van der Waals surface area contributed by atoms with E-state index in [1.807, 2.05) is 0 Å². The monoisotopic (exact) mass is 463 g/mol. The standard InChI is InChI=1S/C27H55NO2.K/c1-3-5-7-9-11-13-15-17-20-24-28(26-22-19-23-27(29)30)25-21-18-16-14-12-10-8-6-4-2;/h3-26H2,1-2H3,(H,29,30);/q;+1/p-1. The molecule has 0 amide bonds. The number of carboxylic acids is 1. The Kier molecular flexibility index (Phi) is 32.1. The Labute approximate surface area is 238 Å². The molecule has 0 saturated heterocycles. The van der Waals surface area contributed by atoms with Crippen molar-refractivity contribution in [1.29, 1.82) is 0 Å². The maximum atomic E-state index is 10.6. The van der Waals surface area contributed by atoms with Crippen LogP contribution in [0.5, 0.6) is 0 Å². The predicted molar refractivity (Wildman–Crippen MR) is 130 cm³/mol. The van der Waals surface area contributed by atoms with Crippen LogP contribution in [0, 0.1) is 0 Å². The number of nitrogens with zero attached hydrogens (tertiary/aromatic N) is 1. The van der Waals surface area contributed by atoms with Crippen molar-refractivity contribution in [1.82, 2.24) is 4.90 Å². The molecule has 0 rings (SSSR count). The van der Waals surface area contributed by atoms with E-state index < -0.39 is 5.97 Å². The molecule has 4 heteroatoms. The molecular weight excluding hydrogens is 409 g/mol. The Morgan fingerprint density at radius 3 is 1.13 bits per heavy atom. The summed E-state index contributed by atoms with van der Waals surface area (Å²) in [7, 11) is 0. The normalized spacial score (nSPS) is 11.1. The summed E-state index contributed by atoms with van der Waals surface area (Å²) in [6, 6.07) is 0. The number of rotatable bonds is 25. The van der Waals surface area contributed by atoms with Crippen LogP contribution in [0.3, 0.4) is 0 Å². The molecule has 0 unspecified atom stereocenters. The van der Waals surface area contributed by atoms with E-state index in [-0.39, 0.29) is 57.8 Å². The molecule has 0 fully saturated rings. The van der Waals surface area contributed by atoms with Gasteiger partial charge in [-0.25, -0.2) is 0 Å². The maximum absolute atomic E-state index is 10.6. The molecule has 0 saturated carbocycles. The summed E-state index contributed by atoms with van der Waals surface area (Å²) in [6.45, 7) is 8.00. The van der Waals surface area contributed by atoms with Gasteiger partial charge in [-0.1, -0.05) is 117 Å². The van der Waals surface area contributed by atoms with Gasteiger partial charge in [-0.15, -0.1) is 0 Å². The largest absolute Gasteiger partial charge is 1.00 e. The summed E-state index contributed by atoms with van der Waals surface area (Å²) in [5.41, 5.74) is 0. The zero-order valence-electron chi connectivity index (χ0n) is 21.7. The first-order chi connectivity index (χ1) is 14.7. The molecule has 3 nitrogen and oxygen atoms in total. The van der Waals surface area contributed by atoms with Crippen LogP contribution < -0.4 is 56.5 Å². The molecule has 0 heterocycles. The Balaban J connectivity index is 0. The summed E-state index contributed by atoms with van der Waals surface area (Å²) in [6.07, 6.45) is 26.7. The quantitative estimate of drug-likeness (QED) is 0.150. The summed E-state index contributed by atoms with van der Waals surface area (Å²) in [5.74, 6) is -0.903. The van der Waals surface area contributed by atoms with Crippen molar-refractivity contribution in [2.45, 2.75) is 149 Å². The van der Waals surface area contributed by atoms with Crippen molar-refractivity contribution >= 4 is 5.97 Å². The number of carboxylic acid groups (broad SMARTS) is 1. The van der Waals surface area contributed by atoms with E-state index >= 15 is 0 Å². The molecule has 0 aliphatic carbocycles. The average Bonchev–Trinajstić information content (AvgIpc) is 2.73. The summed E-state index contributed by atoms with van der Waals surface area (Å²) < 4.78 is 0. The van der Waals surface area contributed by atoms with Crippen molar-refractivity contribution in [3.63, 3.8) is 0 Å². The maximum Gasteiger partial charge on any atom is 1.00 e. The summed E-state index contributed by atoms with van der Waals surface area (Å²) in [4.78, 5) is 13.2. The summed E-state index contributed by atoms with van der Waals surface area (Å²) in [5, 5.41) is 10.6. The second-order valence-electron chi connectivity index (χ2n) is 9.33. The van der Waals surface area contributed by atoms with Crippen LogP contribution in [-0.2, 0) is 4.79 Å². The molecule has 0 bridgehead atoms. The summed E-state index contributed by atoms with van der Waals surface area (Å²) >= 11 is 0. The molecule has 0 radical (unpaired) electrons. The number of hydrogen-bond acceptors (Lipinski definition) is 3.